The van der Waals surface area contributed by atoms with Crippen LogP contribution in [0.15, 0.2) is 12.1 Å². The first-order valence-electron chi connectivity index (χ1n) is 14.0. The molecule has 1 saturated carbocycles. The number of aryl methyl sites for hydroxylation is 2. The molecular weight excluding hydrogens is 494 g/mol. The van der Waals surface area contributed by atoms with Crippen molar-refractivity contribution >= 4 is 23.4 Å². The summed E-state index contributed by atoms with van der Waals surface area (Å²) in [5.74, 6) is 0.907. The molecule has 212 valence electrons. The number of piperazine rings is 1. The molecule has 3 heterocycles. The second-order valence-corrected chi connectivity index (χ2v) is 11.9. The van der Waals surface area contributed by atoms with Crippen LogP contribution in [0, 0.1) is 19.8 Å². The molecule has 0 atom stereocenters. The Labute approximate surface area is 232 Å². The molecule has 9 heteroatoms. The van der Waals surface area contributed by atoms with Gasteiger partial charge in [0.1, 0.15) is 5.82 Å². The molecule has 0 bridgehead atoms. The molecule has 1 aliphatic heterocycles. The van der Waals surface area contributed by atoms with Crippen molar-refractivity contribution in [3.05, 3.63) is 40.3 Å². The molecule has 2 aromatic rings. The lowest BCUT2D eigenvalue weighted by atomic mass is 9.97. The predicted molar refractivity (Wildman–Crippen MR) is 153 cm³/mol. The third kappa shape index (κ3) is 5.97. The third-order valence-electron chi connectivity index (χ3n) is 8.11. The van der Waals surface area contributed by atoms with Gasteiger partial charge < -0.3 is 25.0 Å². The van der Waals surface area contributed by atoms with Crippen LogP contribution < -0.4 is 15.0 Å². The molecule has 0 spiro atoms. The minimum atomic E-state index is -0.971. The number of carboxylic acid groups (broad SMARTS) is 1. The van der Waals surface area contributed by atoms with Crippen molar-refractivity contribution in [2.75, 3.05) is 43.5 Å². The van der Waals surface area contributed by atoms with Crippen LogP contribution in [0.4, 0.5) is 11.5 Å². The number of rotatable bonds is 8. The number of anilines is 2. The van der Waals surface area contributed by atoms with Crippen LogP contribution in [0.25, 0.3) is 0 Å². The Balaban J connectivity index is 1.57. The van der Waals surface area contributed by atoms with Gasteiger partial charge >= 0.3 is 5.97 Å². The van der Waals surface area contributed by atoms with E-state index in [2.05, 4.69) is 29.0 Å². The maximum Gasteiger partial charge on any atom is 0.337 e. The molecule has 0 unspecified atom stereocenters. The van der Waals surface area contributed by atoms with Gasteiger partial charge in [-0.25, -0.2) is 14.8 Å². The zero-order chi connectivity index (χ0) is 28.5. The van der Waals surface area contributed by atoms with Crippen LogP contribution in [0.1, 0.15) is 97.1 Å². The van der Waals surface area contributed by atoms with Crippen LogP contribution in [0.2, 0.25) is 0 Å². The molecule has 0 aromatic carbocycles. The topological polar surface area (TPSA) is 108 Å². The number of aromatic nitrogens is 2. The molecule has 2 aliphatic rings. The largest absolute Gasteiger partial charge is 0.494 e. The number of pyridine rings is 2. The zero-order valence-corrected chi connectivity index (χ0v) is 24.4. The average Bonchev–Trinajstić information content (AvgIpc) is 3.39. The van der Waals surface area contributed by atoms with Crippen molar-refractivity contribution in [1.82, 2.24) is 14.9 Å². The molecule has 1 saturated heterocycles. The summed E-state index contributed by atoms with van der Waals surface area (Å²) < 4.78 is 5.70. The smallest absolute Gasteiger partial charge is 0.337 e. The van der Waals surface area contributed by atoms with E-state index in [1.54, 1.807) is 21.0 Å². The molecule has 9 nitrogen and oxygen atoms in total. The lowest BCUT2D eigenvalue weighted by Gasteiger charge is -2.47. The number of amides is 1. The fourth-order valence-electron chi connectivity index (χ4n) is 6.02. The maximum atomic E-state index is 14.0. The fraction of sp³-hybridized carbons (Fsp3) is 0.600. The number of nitrogens with one attached hydrogen (secondary N) is 1. The van der Waals surface area contributed by atoms with Gasteiger partial charge in [-0.1, -0.05) is 26.7 Å². The zero-order valence-electron chi connectivity index (χ0n) is 24.4. The van der Waals surface area contributed by atoms with Gasteiger partial charge in [0.15, 0.2) is 11.4 Å². The van der Waals surface area contributed by atoms with E-state index in [0.717, 1.165) is 23.7 Å². The Morgan fingerprint density at radius 1 is 1.15 bits per heavy atom. The van der Waals surface area contributed by atoms with Crippen LogP contribution in [-0.4, -0.2) is 70.7 Å². The summed E-state index contributed by atoms with van der Waals surface area (Å²) in [6.45, 7) is 14.3. The van der Waals surface area contributed by atoms with E-state index in [0.29, 0.717) is 48.3 Å². The summed E-state index contributed by atoms with van der Waals surface area (Å²) >= 11 is 0. The highest BCUT2D eigenvalue weighted by molar-refractivity contribution is 5.96. The number of ether oxygens (including phenoxy) is 1. The van der Waals surface area contributed by atoms with E-state index in [1.165, 1.54) is 25.7 Å². The minimum absolute atomic E-state index is 0.143. The number of aromatic carboxylic acids is 1. The lowest BCUT2D eigenvalue weighted by Crippen LogP contribution is -2.61. The molecule has 1 amide bonds. The number of hydrogen-bond acceptors (Lipinski definition) is 7. The van der Waals surface area contributed by atoms with Crippen molar-refractivity contribution < 1.29 is 19.4 Å². The van der Waals surface area contributed by atoms with E-state index < -0.39 is 11.5 Å². The van der Waals surface area contributed by atoms with Crippen LogP contribution in [0.5, 0.6) is 5.75 Å². The molecule has 4 rings (SSSR count). The standard InChI is InChI=1S/C30H43N5O4/c1-18(2)26-22(31-16-21-10-8-9-11-21)15-23(39-7)27(33-26)28(36)35-13-12-34(17-30(35,5)6)24-14-19(3)25(29(37)38)20(4)32-24/h14-15,18,21,31H,8-13,16-17H2,1-7H3,(H,37,38). The first-order valence-corrected chi connectivity index (χ1v) is 14.0. The van der Waals surface area contributed by atoms with Gasteiger partial charge in [0.2, 0.25) is 0 Å². The van der Waals surface area contributed by atoms with Crippen molar-refractivity contribution in [2.24, 2.45) is 5.92 Å². The van der Waals surface area contributed by atoms with Gasteiger partial charge in [0.25, 0.3) is 5.91 Å². The summed E-state index contributed by atoms with van der Waals surface area (Å²) in [5.41, 5.74) is 3.05. The first-order chi connectivity index (χ1) is 18.4. The summed E-state index contributed by atoms with van der Waals surface area (Å²) in [4.78, 5) is 39.1. The Kier molecular flexibility index (Phi) is 8.37. The van der Waals surface area contributed by atoms with Crippen molar-refractivity contribution in [3.8, 4) is 5.75 Å². The molecule has 0 radical (unpaired) electrons. The summed E-state index contributed by atoms with van der Waals surface area (Å²) in [6, 6.07) is 3.76. The lowest BCUT2D eigenvalue weighted by molar-refractivity contribution is 0.0503. The number of carbonyl (C=O) groups excluding carboxylic acids is 1. The van der Waals surface area contributed by atoms with E-state index in [4.69, 9.17) is 9.72 Å². The number of carboxylic acids is 1. The van der Waals surface area contributed by atoms with E-state index in [-0.39, 0.29) is 17.4 Å². The summed E-state index contributed by atoms with van der Waals surface area (Å²) in [5, 5.41) is 13.1. The molecule has 39 heavy (non-hydrogen) atoms. The molecular formula is C30H43N5O4. The van der Waals surface area contributed by atoms with Crippen LogP contribution >= 0.6 is 0 Å². The highest BCUT2D eigenvalue weighted by atomic mass is 16.5. The highest BCUT2D eigenvalue weighted by Gasteiger charge is 2.39. The molecule has 2 aromatic heterocycles. The summed E-state index contributed by atoms with van der Waals surface area (Å²) in [6.07, 6.45) is 5.10. The fourth-order valence-corrected chi connectivity index (χ4v) is 6.02. The third-order valence-corrected chi connectivity index (χ3v) is 8.11. The van der Waals surface area contributed by atoms with Crippen molar-refractivity contribution in [1.29, 1.82) is 0 Å². The van der Waals surface area contributed by atoms with Crippen LogP contribution in [0.3, 0.4) is 0 Å². The van der Waals surface area contributed by atoms with E-state index in [1.807, 2.05) is 30.9 Å². The maximum absolute atomic E-state index is 14.0. The quantitative estimate of drug-likeness (QED) is 0.469. The first kappa shape index (κ1) is 28.6. The SMILES string of the molecule is COc1cc(NCC2CCCC2)c(C(C)C)nc1C(=O)N1CCN(c2cc(C)c(C(=O)O)c(C)n2)CC1(C)C. The van der Waals surface area contributed by atoms with Crippen molar-refractivity contribution in [2.45, 2.75) is 78.7 Å². The molecule has 2 N–H and O–H groups in total. The Morgan fingerprint density at radius 3 is 2.41 bits per heavy atom. The number of nitrogens with zero attached hydrogens (tertiary/aromatic N) is 4. The van der Waals surface area contributed by atoms with E-state index >= 15 is 0 Å². The Bertz CT molecular complexity index is 1210. The van der Waals surface area contributed by atoms with E-state index in [9.17, 15) is 14.7 Å². The predicted octanol–water partition coefficient (Wildman–Crippen LogP) is 5.27. The average molecular weight is 538 g/mol. The second kappa shape index (κ2) is 11.4. The highest BCUT2D eigenvalue weighted by Crippen LogP contribution is 2.34. The van der Waals surface area contributed by atoms with Gasteiger partial charge in [-0.15, -0.1) is 0 Å². The van der Waals surface area contributed by atoms with Gasteiger partial charge in [-0.3, -0.25) is 4.79 Å². The van der Waals surface area contributed by atoms with Gasteiger partial charge in [0, 0.05) is 32.2 Å². The van der Waals surface area contributed by atoms with Crippen molar-refractivity contribution in [3.63, 3.8) is 0 Å². The molecule has 2 fully saturated rings. The van der Waals surface area contributed by atoms with Crippen LogP contribution in [-0.2, 0) is 0 Å². The van der Waals surface area contributed by atoms with Gasteiger partial charge in [-0.2, -0.15) is 0 Å². The monoisotopic (exact) mass is 537 g/mol. The van der Waals surface area contributed by atoms with Gasteiger partial charge in [0.05, 0.1) is 35.3 Å². The minimum Gasteiger partial charge on any atom is -0.494 e. The number of hydrogen-bond donors (Lipinski definition) is 2. The normalized spacial score (nSPS) is 17.5. The second-order valence-electron chi connectivity index (χ2n) is 11.9. The molecule has 1 aliphatic carbocycles. The summed E-state index contributed by atoms with van der Waals surface area (Å²) in [7, 11) is 1.59. The number of carbonyl (C=O) groups is 2. The Morgan fingerprint density at radius 2 is 1.85 bits per heavy atom. The Hall–Kier alpha value is -3.36. The number of methoxy groups -OCH3 is 1. The van der Waals surface area contributed by atoms with Gasteiger partial charge in [-0.05, 0) is 64.0 Å².